The zero-order valence-electron chi connectivity index (χ0n) is 13.5. The summed E-state index contributed by atoms with van der Waals surface area (Å²) in [5.41, 5.74) is 0.898. The van der Waals surface area contributed by atoms with Crippen LogP contribution in [0.1, 0.15) is 12.5 Å². The minimum atomic E-state index is -3.92. The van der Waals surface area contributed by atoms with E-state index in [0.717, 1.165) is 6.92 Å². The number of rotatable bonds is 5. The first-order valence-electron chi connectivity index (χ1n) is 7.25. The lowest BCUT2D eigenvalue weighted by Crippen LogP contribution is -2.28. The number of amides is 2. The number of carbonyl (C=O) groups is 2. The molecule has 2 aromatic carbocycles. The van der Waals surface area contributed by atoms with Crippen LogP contribution in [0, 0.1) is 0 Å². The van der Waals surface area contributed by atoms with Crippen LogP contribution in [0.4, 0.5) is 5.69 Å². The summed E-state index contributed by atoms with van der Waals surface area (Å²) in [7, 11) is -3.92. The summed E-state index contributed by atoms with van der Waals surface area (Å²) >= 11 is 12.0. The summed E-state index contributed by atoms with van der Waals surface area (Å²) in [5.74, 6) is -1.13. The number of anilines is 1. The number of nitrogens with one attached hydrogen (secondary N) is 2. The van der Waals surface area contributed by atoms with Crippen molar-refractivity contribution in [1.29, 1.82) is 0 Å². The molecule has 2 rings (SSSR count). The highest BCUT2D eigenvalue weighted by atomic mass is 35.5. The Balaban J connectivity index is 2.08. The second-order valence-electron chi connectivity index (χ2n) is 5.14. The average molecular weight is 413 g/mol. The van der Waals surface area contributed by atoms with Gasteiger partial charge in [0.1, 0.15) is 0 Å². The molecule has 0 saturated carbocycles. The maximum atomic E-state index is 12.0. The van der Waals surface area contributed by atoms with Gasteiger partial charge in [0.25, 0.3) is 10.0 Å². The molecule has 0 saturated heterocycles. The number of carbonyl (C=O) groups excluding carboxylic acids is 2. The van der Waals surface area contributed by atoms with Gasteiger partial charge < -0.3 is 5.32 Å². The third-order valence-corrected chi connectivity index (χ3v) is 5.22. The lowest BCUT2D eigenvalue weighted by molar-refractivity contribution is -0.117. The van der Waals surface area contributed by atoms with Gasteiger partial charge in [-0.15, -0.1) is 0 Å². The zero-order chi connectivity index (χ0) is 19.3. The van der Waals surface area contributed by atoms with Crippen molar-refractivity contribution in [3.05, 3.63) is 64.1 Å². The molecule has 0 aliphatic carbocycles. The van der Waals surface area contributed by atoms with E-state index >= 15 is 0 Å². The molecule has 0 spiro atoms. The molecule has 0 atom stereocenters. The molecule has 2 aromatic rings. The second kappa shape index (κ2) is 8.35. The molecule has 0 radical (unpaired) electrons. The van der Waals surface area contributed by atoms with Crippen molar-refractivity contribution in [3.63, 3.8) is 0 Å². The lowest BCUT2D eigenvalue weighted by Gasteiger charge is -2.06. The van der Waals surface area contributed by atoms with Crippen LogP contribution in [0.2, 0.25) is 10.0 Å². The first kappa shape index (κ1) is 20.0. The molecule has 0 aliphatic heterocycles. The maximum Gasteiger partial charge on any atom is 0.264 e. The van der Waals surface area contributed by atoms with E-state index in [1.807, 2.05) is 4.72 Å². The minimum absolute atomic E-state index is 0.0934. The summed E-state index contributed by atoms with van der Waals surface area (Å²) in [6.07, 6.45) is 2.74. The Bertz CT molecular complexity index is 951. The van der Waals surface area contributed by atoms with Gasteiger partial charge in [0.15, 0.2) is 0 Å². The molecule has 0 bridgehead atoms. The van der Waals surface area contributed by atoms with Crippen molar-refractivity contribution in [2.45, 2.75) is 11.8 Å². The van der Waals surface area contributed by atoms with Gasteiger partial charge in [-0.3, -0.25) is 9.59 Å². The van der Waals surface area contributed by atoms with Gasteiger partial charge in [-0.25, -0.2) is 13.1 Å². The van der Waals surface area contributed by atoms with E-state index in [4.69, 9.17) is 23.2 Å². The third-order valence-electron chi connectivity index (χ3n) is 3.11. The van der Waals surface area contributed by atoms with E-state index in [1.54, 1.807) is 18.2 Å². The normalized spacial score (nSPS) is 11.3. The Labute approximate surface area is 160 Å². The molecular weight excluding hydrogens is 399 g/mol. The van der Waals surface area contributed by atoms with Crippen LogP contribution in [0.25, 0.3) is 6.08 Å². The van der Waals surface area contributed by atoms with E-state index in [0.29, 0.717) is 21.3 Å². The van der Waals surface area contributed by atoms with Crippen LogP contribution in [-0.4, -0.2) is 20.2 Å². The van der Waals surface area contributed by atoms with Crippen molar-refractivity contribution < 1.29 is 18.0 Å². The minimum Gasteiger partial charge on any atom is -0.323 e. The van der Waals surface area contributed by atoms with E-state index < -0.39 is 21.8 Å². The molecule has 136 valence electrons. The third kappa shape index (κ3) is 5.32. The number of hydrogen-bond acceptors (Lipinski definition) is 4. The van der Waals surface area contributed by atoms with E-state index in [1.165, 1.54) is 36.4 Å². The summed E-state index contributed by atoms with van der Waals surface area (Å²) < 4.78 is 25.5. The van der Waals surface area contributed by atoms with Crippen molar-refractivity contribution in [2.75, 3.05) is 5.32 Å². The second-order valence-corrected chi connectivity index (χ2v) is 7.64. The quantitative estimate of drug-likeness (QED) is 0.735. The standard InChI is InChI=1S/C17H14Cl2N2O4S/c1-11(22)21-26(24,25)13-7-5-12(6-8-13)20-17(23)10-9-14-15(18)3-2-4-16(14)19/h2-10H,1H3,(H,20,23)(H,21,22). The van der Waals surface area contributed by atoms with Gasteiger partial charge in [-0.1, -0.05) is 29.3 Å². The van der Waals surface area contributed by atoms with Crippen molar-refractivity contribution in [3.8, 4) is 0 Å². The summed E-state index contributed by atoms with van der Waals surface area (Å²) in [6.45, 7) is 1.10. The fraction of sp³-hybridized carbons (Fsp3) is 0.0588. The lowest BCUT2D eigenvalue weighted by atomic mass is 10.2. The number of hydrogen-bond donors (Lipinski definition) is 2. The van der Waals surface area contributed by atoms with Crippen LogP contribution in [0.3, 0.4) is 0 Å². The Kier molecular flexibility index (Phi) is 6.42. The first-order valence-corrected chi connectivity index (χ1v) is 9.49. The fourth-order valence-electron chi connectivity index (χ4n) is 1.98. The molecule has 6 nitrogen and oxygen atoms in total. The molecule has 26 heavy (non-hydrogen) atoms. The number of sulfonamides is 1. The van der Waals surface area contributed by atoms with E-state index in [9.17, 15) is 18.0 Å². The number of halogens is 2. The van der Waals surface area contributed by atoms with Gasteiger partial charge in [-0.05, 0) is 42.5 Å². The predicted octanol–water partition coefficient (Wildman–Crippen LogP) is 3.47. The summed E-state index contributed by atoms with van der Waals surface area (Å²) in [5, 5.41) is 3.40. The van der Waals surface area contributed by atoms with Gasteiger partial charge in [0, 0.05) is 34.3 Å². The highest BCUT2D eigenvalue weighted by Gasteiger charge is 2.15. The topological polar surface area (TPSA) is 92.3 Å². The van der Waals surface area contributed by atoms with Gasteiger partial charge in [0.05, 0.1) is 4.90 Å². The average Bonchev–Trinajstić information content (AvgIpc) is 2.53. The zero-order valence-corrected chi connectivity index (χ0v) is 15.8. The predicted molar refractivity (Wildman–Crippen MR) is 102 cm³/mol. The van der Waals surface area contributed by atoms with Crippen molar-refractivity contribution >= 4 is 56.8 Å². The summed E-state index contributed by atoms with van der Waals surface area (Å²) in [6, 6.07) is 10.4. The van der Waals surface area contributed by atoms with Gasteiger partial charge in [-0.2, -0.15) is 0 Å². The van der Waals surface area contributed by atoms with Crippen LogP contribution in [0.15, 0.2) is 53.4 Å². The van der Waals surface area contributed by atoms with Crippen LogP contribution in [-0.2, 0) is 19.6 Å². The molecule has 0 heterocycles. The van der Waals surface area contributed by atoms with Gasteiger partial charge >= 0.3 is 0 Å². The smallest absolute Gasteiger partial charge is 0.264 e. The largest absolute Gasteiger partial charge is 0.323 e. The molecule has 0 aromatic heterocycles. The molecule has 0 aliphatic rings. The Hall–Kier alpha value is -2.35. The SMILES string of the molecule is CC(=O)NS(=O)(=O)c1ccc(NC(=O)C=Cc2c(Cl)cccc2Cl)cc1. The molecule has 2 amide bonds. The Morgan fingerprint density at radius 1 is 1.00 bits per heavy atom. The van der Waals surface area contributed by atoms with Crippen LogP contribution in [0.5, 0.6) is 0 Å². The van der Waals surface area contributed by atoms with Crippen LogP contribution >= 0.6 is 23.2 Å². The summed E-state index contributed by atoms with van der Waals surface area (Å²) in [4.78, 5) is 22.8. The highest BCUT2D eigenvalue weighted by molar-refractivity contribution is 7.90. The Morgan fingerprint density at radius 2 is 1.58 bits per heavy atom. The molecule has 9 heteroatoms. The molecule has 0 fully saturated rings. The molecule has 0 unspecified atom stereocenters. The first-order chi connectivity index (χ1) is 12.2. The Morgan fingerprint density at radius 3 is 2.12 bits per heavy atom. The highest BCUT2D eigenvalue weighted by Crippen LogP contribution is 2.25. The monoisotopic (exact) mass is 412 g/mol. The van der Waals surface area contributed by atoms with E-state index in [-0.39, 0.29) is 4.90 Å². The van der Waals surface area contributed by atoms with Crippen molar-refractivity contribution in [1.82, 2.24) is 4.72 Å². The molecular formula is C17H14Cl2N2O4S. The van der Waals surface area contributed by atoms with Crippen molar-refractivity contribution in [2.24, 2.45) is 0 Å². The fourth-order valence-corrected chi connectivity index (χ4v) is 3.49. The maximum absolute atomic E-state index is 12.0. The number of benzene rings is 2. The van der Waals surface area contributed by atoms with E-state index in [2.05, 4.69) is 5.32 Å². The van der Waals surface area contributed by atoms with Gasteiger partial charge in [0.2, 0.25) is 11.8 Å². The molecule has 2 N–H and O–H groups in total. The van der Waals surface area contributed by atoms with Crippen LogP contribution < -0.4 is 10.0 Å².